The van der Waals surface area contributed by atoms with Crippen LogP contribution in [0.25, 0.3) is 0 Å². The first kappa shape index (κ1) is 8.81. The van der Waals surface area contributed by atoms with Crippen LogP contribution in [0.4, 0.5) is 5.69 Å². The molecule has 1 aromatic rings. The number of anilines is 1. The summed E-state index contributed by atoms with van der Waals surface area (Å²) >= 11 is 8.54. The van der Waals surface area contributed by atoms with E-state index in [1.54, 1.807) is 0 Å². The number of hydrogen-bond acceptors (Lipinski definition) is 3. The smallest absolute Gasteiger partial charge is 0.0507 e. The molecule has 0 unspecified atom stereocenters. The molecular weight excluding hydrogens is 174 g/mol. The maximum absolute atomic E-state index is 4.31. The Morgan fingerprint density at radius 2 is 1.82 bits per heavy atom. The molecule has 0 aliphatic heterocycles. The number of thiol groups is 2. The zero-order valence-corrected chi connectivity index (χ0v) is 8.36. The maximum Gasteiger partial charge on any atom is 0.0507 e. The van der Waals surface area contributed by atoms with E-state index >= 15 is 0 Å². The third-order valence-electron chi connectivity index (χ3n) is 1.44. The van der Waals surface area contributed by atoms with E-state index in [1.165, 1.54) is 0 Å². The van der Waals surface area contributed by atoms with E-state index < -0.39 is 0 Å². The molecular formula is C8H11NS2. The highest BCUT2D eigenvalue weighted by Gasteiger charge is 1.99. The summed E-state index contributed by atoms with van der Waals surface area (Å²) in [5.41, 5.74) is 1.10. The Balaban J connectivity index is 3.13. The highest BCUT2D eigenvalue weighted by atomic mass is 32.1. The lowest BCUT2D eigenvalue weighted by Crippen LogP contribution is -2.09. The number of rotatable bonds is 1. The van der Waals surface area contributed by atoms with Crippen molar-refractivity contribution in [2.45, 2.75) is 9.79 Å². The van der Waals surface area contributed by atoms with E-state index in [0.29, 0.717) is 0 Å². The van der Waals surface area contributed by atoms with Crippen LogP contribution < -0.4 is 4.90 Å². The Kier molecular flexibility index (Phi) is 2.73. The van der Waals surface area contributed by atoms with Crippen molar-refractivity contribution in [1.29, 1.82) is 0 Å². The summed E-state index contributed by atoms with van der Waals surface area (Å²) in [6.07, 6.45) is 0. The topological polar surface area (TPSA) is 3.24 Å². The molecule has 0 spiro atoms. The van der Waals surface area contributed by atoms with Gasteiger partial charge in [0.05, 0.1) is 5.69 Å². The van der Waals surface area contributed by atoms with Gasteiger partial charge in [-0.1, -0.05) is 0 Å². The molecule has 0 amide bonds. The first-order valence-corrected chi connectivity index (χ1v) is 4.20. The largest absolute Gasteiger partial charge is 0.377 e. The highest BCUT2D eigenvalue weighted by molar-refractivity contribution is 7.80. The van der Waals surface area contributed by atoms with Gasteiger partial charge in [-0.2, -0.15) is 0 Å². The van der Waals surface area contributed by atoms with Crippen LogP contribution in [0.5, 0.6) is 0 Å². The number of hydrogen-bond donors (Lipinski definition) is 2. The van der Waals surface area contributed by atoms with Crippen molar-refractivity contribution in [2.24, 2.45) is 0 Å². The first-order chi connectivity index (χ1) is 5.11. The van der Waals surface area contributed by atoms with Gasteiger partial charge in [-0.3, -0.25) is 0 Å². The Labute approximate surface area is 78.2 Å². The van der Waals surface area contributed by atoms with Gasteiger partial charge >= 0.3 is 0 Å². The molecule has 0 N–H and O–H groups in total. The van der Waals surface area contributed by atoms with E-state index in [4.69, 9.17) is 0 Å². The summed E-state index contributed by atoms with van der Waals surface area (Å²) < 4.78 is 0. The van der Waals surface area contributed by atoms with Gasteiger partial charge in [0.25, 0.3) is 0 Å². The lowest BCUT2D eigenvalue weighted by atomic mass is 10.3. The van der Waals surface area contributed by atoms with E-state index in [-0.39, 0.29) is 0 Å². The molecule has 0 radical (unpaired) electrons. The van der Waals surface area contributed by atoms with Crippen LogP contribution in [-0.4, -0.2) is 14.1 Å². The summed E-state index contributed by atoms with van der Waals surface area (Å²) in [7, 11) is 3.98. The quantitative estimate of drug-likeness (QED) is 0.635. The van der Waals surface area contributed by atoms with Crippen molar-refractivity contribution in [3.05, 3.63) is 18.2 Å². The molecule has 0 heterocycles. The lowest BCUT2D eigenvalue weighted by molar-refractivity contribution is 1.09. The minimum Gasteiger partial charge on any atom is -0.377 e. The molecule has 1 nitrogen and oxygen atoms in total. The second-order valence-electron chi connectivity index (χ2n) is 2.57. The number of nitrogens with zero attached hydrogens (tertiary/aromatic N) is 1. The molecule has 0 saturated heterocycles. The van der Waals surface area contributed by atoms with Crippen LogP contribution in [0.2, 0.25) is 0 Å². The van der Waals surface area contributed by atoms with Gasteiger partial charge in [-0.25, -0.2) is 0 Å². The van der Waals surface area contributed by atoms with Crippen LogP contribution in [0, 0.1) is 0 Å². The second kappa shape index (κ2) is 3.41. The van der Waals surface area contributed by atoms with E-state index in [1.807, 2.05) is 37.2 Å². The molecule has 0 fully saturated rings. The van der Waals surface area contributed by atoms with E-state index in [0.717, 1.165) is 15.5 Å². The third-order valence-corrected chi connectivity index (χ3v) is 2.10. The molecule has 0 aromatic heterocycles. The Morgan fingerprint density at radius 3 is 2.27 bits per heavy atom. The summed E-state index contributed by atoms with van der Waals surface area (Å²) in [5, 5.41) is 0. The Hall–Kier alpha value is -0.280. The zero-order chi connectivity index (χ0) is 8.43. The van der Waals surface area contributed by atoms with Crippen LogP contribution in [0.1, 0.15) is 0 Å². The lowest BCUT2D eigenvalue weighted by Gasteiger charge is -2.14. The summed E-state index contributed by atoms with van der Waals surface area (Å²) in [6.45, 7) is 0. The second-order valence-corrected chi connectivity index (χ2v) is 3.57. The fourth-order valence-corrected chi connectivity index (χ4v) is 1.41. The van der Waals surface area contributed by atoms with Crippen LogP contribution in [0.15, 0.2) is 28.0 Å². The minimum absolute atomic E-state index is 0.964. The van der Waals surface area contributed by atoms with Crippen molar-refractivity contribution < 1.29 is 0 Å². The predicted molar refractivity (Wildman–Crippen MR) is 55.3 cm³/mol. The molecule has 0 saturated carbocycles. The van der Waals surface area contributed by atoms with Crippen molar-refractivity contribution in [3.63, 3.8) is 0 Å². The molecule has 0 aliphatic rings. The van der Waals surface area contributed by atoms with Crippen molar-refractivity contribution in [1.82, 2.24) is 0 Å². The fourth-order valence-electron chi connectivity index (χ4n) is 0.870. The first-order valence-electron chi connectivity index (χ1n) is 3.30. The van der Waals surface area contributed by atoms with Crippen molar-refractivity contribution >= 4 is 30.9 Å². The van der Waals surface area contributed by atoms with Crippen molar-refractivity contribution in [3.8, 4) is 0 Å². The van der Waals surface area contributed by atoms with Gasteiger partial charge in [0.2, 0.25) is 0 Å². The monoisotopic (exact) mass is 185 g/mol. The van der Waals surface area contributed by atoms with E-state index in [2.05, 4.69) is 25.3 Å². The molecule has 1 aromatic carbocycles. The SMILES string of the molecule is CN(C)c1cc(S)ccc1S. The van der Waals surface area contributed by atoms with Gasteiger partial charge in [0.1, 0.15) is 0 Å². The fraction of sp³-hybridized carbons (Fsp3) is 0.250. The molecule has 0 bridgehead atoms. The Morgan fingerprint density at radius 1 is 1.18 bits per heavy atom. The van der Waals surface area contributed by atoms with Gasteiger partial charge in [-0.15, -0.1) is 25.3 Å². The zero-order valence-electron chi connectivity index (χ0n) is 6.57. The molecule has 60 valence electrons. The van der Waals surface area contributed by atoms with Gasteiger partial charge in [0, 0.05) is 23.9 Å². The van der Waals surface area contributed by atoms with Gasteiger partial charge in [-0.05, 0) is 18.2 Å². The summed E-state index contributed by atoms with van der Waals surface area (Å²) in [4.78, 5) is 3.96. The molecule has 1 rings (SSSR count). The Bertz CT molecular complexity index is 258. The summed E-state index contributed by atoms with van der Waals surface area (Å²) in [6, 6.07) is 5.87. The van der Waals surface area contributed by atoms with Gasteiger partial charge in [0.15, 0.2) is 0 Å². The average molecular weight is 185 g/mol. The molecule has 0 atom stereocenters. The van der Waals surface area contributed by atoms with Gasteiger partial charge < -0.3 is 4.90 Å². The highest BCUT2D eigenvalue weighted by Crippen LogP contribution is 2.24. The normalized spacial score (nSPS) is 9.82. The molecule has 3 heteroatoms. The van der Waals surface area contributed by atoms with Crippen LogP contribution in [0.3, 0.4) is 0 Å². The maximum atomic E-state index is 4.31. The van der Waals surface area contributed by atoms with Crippen molar-refractivity contribution in [2.75, 3.05) is 19.0 Å². The molecule has 0 aliphatic carbocycles. The van der Waals surface area contributed by atoms with E-state index in [9.17, 15) is 0 Å². The average Bonchev–Trinajstić information content (AvgIpc) is 1.94. The number of benzene rings is 1. The van der Waals surface area contributed by atoms with Crippen LogP contribution >= 0.6 is 25.3 Å². The molecule has 11 heavy (non-hydrogen) atoms. The predicted octanol–water partition coefficient (Wildman–Crippen LogP) is 2.33. The minimum atomic E-state index is 0.964. The van der Waals surface area contributed by atoms with Crippen LogP contribution in [-0.2, 0) is 0 Å². The third kappa shape index (κ3) is 2.07. The summed E-state index contributed by atoms with van der Waals surface area (Å²) in [5.74, 6) is 0. The standard InChI is InChI=1S/C8H11NS2/c1-9(2)7-5-6(10)3-4-8(7)11/h3-5,10-11H,1-2H3.